The average Bonchev–Trinajstić information content (AvgIpc) is 2.83. The third-order valence-electron chi connectivity index (χ3n) is 2.15. The minimum atomic E-state index is 0.418. The standard InChI is InChI=1S/C11H11N5/c12-8-10-9(2-1-4-13-10)14-5-3-11-15-6-7-16-11/h1-2,4,6-7,14H,3,5H2,(H,15,16). The molecule has 2 heterocycles. The summed E-state index contributed by atoms with van der Waals surface area (Å²) in [5, 5.41) is 12.0. The van der Waals surface area contributed by atoms with Crippen molar-refractivity contribution in [2.45, 2.75) is 6.42 Å². The van der Waals surface area contributed by atoms with E-state index < -0.39 is 0 Å². The van der Waals surface area contributed by atoms with Gasteiger partial charge in [-0.15, -0.1) is 0 Å². The lowest BCUT2D eigenvalue weighted by Gasteiger charge is -2.05. The fourth-order valence-electron chi connectivity index (χ4n) is 1.39. The zero-order valence-corrected chi connectivity index (χ0v) is 8.64. The smallest absolute Gasteiger partial charge is 0.163 e. The van der Waals surface area contributed by atoms with Crippen molar-refractivity contribution in [3.05, 3.63) is 42.2 Å². The highest BCUT2D eigenvalue weighted by Gasteiger charge is 2.01. The van der Waals surface area contributed by atoms with Crippen molar-refractivity contribution in [1.82, 2.24) is 15.0 Å². The van der Waals surface area contributed by atoms with E-state index in [1.165, 1.54) is 0 Å². The molecule has 0 fully saturated rings. The third kappa shape index (κ3) is 2.36. The number of aromatic nitrogens is 3. The van der Waals surface area contributed by atoms with Gasteiger partial charge in [-0.1, -0.05) is 0 Å². The second-order valence-electron chi connectivity index (χ2n) is 3.22. The van der Waals surface area contributed by atoms with Gasteiger partial charge in [0.2, 0.25) is 0 Å². The van der Waals surface area contributed by atoms with Gasteiger partial charge in [0.25, 0.3) is 0 Å². The summed E-state index contributed by atoms with van der Waals surface area (Å²) < 4.78 is 0. The summed E-state index contributed by atoms with van der Waals surface area (Å²) in [5.41, 5.74) is 1.18. The fraction of sp³-hybridized carbons (Fsp3) is 0.182. The molecule has 5 nitrogen and oxygen atoms in total. The molecule has 0 aromatic carbocycles. The molecule has 0 amide bonds. The molecule has 0 aliphatic carbocycles. The normalized spacial score (nSPS) is 9.69. The molecule has 2 N–H and O–H groups in total. The van der Waals surface area contributed by atoms with E-state index in [9.17, 15) is 0 Å². The van der Waals surface area contributed by atoms with Gasteiger partial charge in [-0.25, -0.2) is 9.97 Å². The molecule has 0 spiro atoms. The third-order valence-corrected chi connectivity index (χ3v) is 2.15. The van der Waals surface area contributed by atoms with Gasteiger partial charge in [0.15, 0.2) is 5.69 Å². The van der Waals surface area contributed by atoms with Crippen LogP contribution in [-0.2, 0) is 6.42 Å². The Hall–Kier alpha value is -2.35. The predicted molar refractivity (Wildman–Crippen MR) is 59.7 cm³/mol. The zero-order chi connectivity index (χ0) is 11.2. The van der Waals surface area contributed by atoms with Crippen molar-refractivity contribution in [3.63, 3.8) is 0 Å². The van der Waals surface area contributed by atoms with Crippen molar-refractivity contribution in [1.29, 1.82) is 5.26 Å². The molecule has 0 radical (unpaired) electrons. The van der Waals surface area contributed by atoms with Gasteiger partial charge < -0.3 is 10.3 Å². The highest BCUT2D eigenvalue weighted by Crippen LogP contribution is 2.10. The Morgan fingerprint density at radius 2 is 2.31 bits per heavy atom. The molecular formula is C11H11N5. The summed E-state index contributed by atoms with van der Waals surface area (Å²) in [6, 6.07) is 5.68. The first kappa shape index (κ1) is 10.2. The summed E-state index contributed by atoms with van der Waals surface area (Å²) >= 11 is 0. The Morgan fingerprint density at radius 3 is 3.06 bits per heavy atom. The maximum Gasteiger partial charge on any atom is 0.163 e. The lowest BCUT2D eigenvalue weighted by Crippen LogP contribution is -2.07. The van der Waals surface area contributed by atoms with Gasteiger partial charge >= 0.3 is 0 Å². The second kappa shape index (κ2) is 4.94. The molecule has 0 saturated heterocycles. The van der Waals surface area contributed by atoms with E-state index in [0.717, 1.165) is 17.9 Å². The number of nitrogens with zero attached hydrogens (tertiary/aromatic N) is 3. The molecule has 2 aromatic rings. The van der Waals surface area contributed by atoms with Crippen molar-refractivity contribution >= 4 is 5.69 Å². The quantitative estimate of drug-likeness (QED) is 0.803. The van der Waals surface area contributed by atoms with Crippen LogP contribution in [0.15, 0.2) is 30.7 Å². The highest BCUT2D eigenvalue weighted by atomic mass is 14.9. The second-order valence-corrected chi connectivity index (χ2v) is 3.22. The zero-order valence-electron chi connectivity index (χ0n) is 8.64. The molecule has 0 aliphatic rings. The largest absolute Gasteiger partial charge is 0.382 e. The minimum absolute atomic E-state index is 0.418. The Labute approximate surface area is 93.2 Å². The molecule has 80 valence electrons. The van der Waals surface area contributed by atoms with Gasteiger partial charge in [0.05, 0.1) is 5.69 Å². The number of hydrogen-bond acceptors (Lipinski definition) is 4. The molecule has 5 heteroatoms. The number of hydrogen-bond donors (Lipinski definition) is 2. The maximum absolute atomic E-state index is 8.83. The van der Waals surface area contributed by atoms with Gasteiger partial charge in [0, 0.05) is 31.6 Å². The summed E-state index contributed by atoms with van der Waals surface area (Å²) in [4.78, 5) is 11.1. The topological polar surface area (TPSA) is 77.4 Å². The number of aromatic amines is 1. The first-order chi connectivity index (χ1) is 7.90. The van der Waals surface area contributed by atoms with Crippen LogP contribution in [-0.4, -0.2) is 21.5 Å². The summed E-state index contributed by atoms with van der Waals surface area (Å²) in [6.45, 7) is 0.716. The SMILES string of the molecule is N#Cc1ncccc1NCCc1ncc[nH]1. The monoisotopic (exact) mass is 213 g/mol. The van der Waals surface area contributed by atoms with Crippen molar-refractivity contribution in [2.75, 3.05) is 11.9 Å². The lowest BCUT2D eigenvalue weighted by molar-refractivity contribution is 0.925. The van der Waals surface area contributed by atoms with Crippen LogP contribution >= 0.6 is 0 Å². The molecule has 0 aliphatic heterocycles. The van der Waals surface area contributed by atoms with Gasteiger partial charge in [-0.3, -0.25) is 0 Å². The predicted octanol–water partition coefficient (Wildman–Crippen LogP) is 1.33. The van der Waals surface area contributed by atoms with Crippen LogP contribution in [0.5, 0.6) is 0 Å². The van der Waals surface area contributed by atoms with Crippen LogP contribution in [0.25, 0.3) is 0 Å². The van der Waals surface area contributed by atoms with E-state index in [1.807, 2.05) is 12.1 Å². The highest BCUT2D eigenvalue weighted by molar-refractivity contribution is 5.53. The van der Waals surface area contributed by atoms with E-state index in [2.05, 4.69) is 20.3 Å². The average molecular weight is 213 g/mol. The van der Waals surface area contributed by atoms with Crippen LogP contribution in [0.4, 0.5) is 5.69 Å². The summed E-state index contributed by atoms with van der Waals surface area (Å²) in [6.07, 6.45) is 5.91. The molecular weight excluding hydrogens is 202 g/mol. The van der Waals surface area contributed by atoms with Crippen LogP contribution in [0.3, 0.4) is 0 Å². The molecule has 16 heavy (non-hydrogen) atoms. The number of rotatable bonds is 4. The van der Waals surface area contributed by atoms with E-state index in [4.69, 9.17) is 5.26 Å². The lowest BCUT2D eigenvalue weighted by atomic mass is 10.3. The number of anilines is 1. The van der Waals surface area contributed by atoms with E-state index in [0.29, 0.717) is 12.2 Å². The van der Waals surface area contributed by atoms with Crippen LogP contribution < -0.4 is 5.32 Å². The minimum Gasteiger partial charge on any atom is -0.382 e. The van der Waals surface area contributed by atoms with Crippen LogP contribution in [0, 0.1) is 11.3 Å². The Bertz CT molecular complexity index is 483. The van der Waals surface area contributed by atoms with Gasteiger partial charge in [-0.2, -0.15) is 5.26 Å². The number of pyridine rings is 1. The number of nitriles is 1. The molecule has 0 atom stereocenters. The first-order valence-electron chi connectivity index (χ1n) is 4.97. The Balaban J connectivity index is 1.93. The van der Waals surface area contributed by atoms with Crippen molar-refractivity contribution < 1.29 is 0 Å². The van der Waals surface area contributed by atoms with Crippen LogP contribution in [0.2, 0.25) is 0 Å². The molecule has 2 rings (SSSR count). The number of H-pyrrole nitrogens is 1. The van der Waals surface area contributed by atoms with Crippen LogP contribution in [0.1, 0.15) is 11.5 Å². The maximum atomic E-state index is 8.83. The molecule has 0 bridgehead atoms. The molecule has 0 saturated carbocycles. The molecule has 2 aromatic heterocycles. The van der Waals surface area contributed by atoms with Crippen molar-refractivity contribution in [2.24, 2.45) is 0 Å². The fourth-order valence-corrected chi connectivity index (χ4v) is 1.39. The first-order valence-corrected chi connectivity index (χ1v) is 4.97. The Morgan fingerprint density at radius 1 is 1.38 bits per heavy atom. The number of imidazole rings is 1. The molecule has 0 unspecified atom stereocenters. The Kier molecular flexibility index (Phi) is 3.14. The summed E-state index contributed by atoms with van der Waals surface area (Å²) in [5.74, 6) is 0.926. The summed E-state index contributed by atoms with van der Waals surface area (Å²) in [7, 11) is 0. The van der Waals surface area contributed by atoms with Gasteiger partial charge in [-0.05, 0) is 12.1 Å². The van der Waals surface area contributed by atoms with Crippen molar-refractivity contribution in [3.8, 4) is 6.07 Å². The van der Waals surface area contributed by atoms with E-state index >= 15 is 0 Å². The van der Waals surface area contributed by atoms with E-state index in [-0.39, 0.29) is 0 Å². The van der Waals surface area contributed by atoms with E-state index in [1.54, 1.807) is 24.7 Å². The van der Waals surface area contributed by atoms with Gasteiger partial charge in [0.1, 0.15) is 11.9 Å². The number of nitrogens with one attached hydrogen (secondary N) is 2.